The Morgan fingerprint density at radius 3 is 2.75 bits per heavy atom. The van der Waals surface area contributed by atoms with Crippen molar-refractivity contribution in [2.24, 2.45) is 10.9 Å². The molecule has 156 valence electrons. The highest BCUT2D eigenvalue weighted by Gasteiger charge is 2.25. The number of aliphatic imine (C=N–C) groups is 1. The molecule has 2 aliphatic heterocycles. The zero-order valence-corrected chi connectivity index (χ0v) is 17.9. The smallest absolute Gasteiger partial charge is 0.191 e. The fourth-order valence-corrected chi connectivity index (χ4v) is 4.51. The fourth-order valence-electron chi connectivity index (χ4n) is 4.51. The van der Waals surface area contributed by atoms with E-state index in [0.29, 0.717) is 12.0 Å². The molecule has 0 saturated carbocycles. The number of guanidine groups is 1. The number of likely N-dealkylation sites (tertiary alicyclic amines) is 2. The van der Waals surface area contributed by atoms with E-state index in [0.717, 1.165) is 32.1 Å². The Hall–Kier alpha value is -1.59. The second-order valence-corrected chi connectivity index (χ2v) is 8.31. The highest BCUT2D eigenvalue weighted by molar-refractivity contribution is 5.79. The lowest BCUT2D eigenvalue weighted by atomic mass is 10.1. The molecule has 2 saturated heterocycles. The summed E-state index contributed by atoms with van der Waals surface area (Å²) < 4.78 is 0. The molecule has 0 radical (unpaired) electrons. The van der Waals surface area contributed by atoms with Crippen molar-refractivity contribution in [1.82, 2.24) is 20.4 Å². The Bertz CT molecular complexity index is 588. The lowest BCUT2D eigenvalue weighted by Gasteiger charge is -2.25. The first-order chi connectivity index (χ1) is 13.8. The molecule has 0 bridgehead atoms. The van der Waals surface area contributed by atoms with E-state index in [9.17, 15) is 0 Å². The van der Waals surface area contributed by atoms with E-state index in [4.69, 9.17) is 4.99 Å². The van der Waals surface area contributed by atoms with Crippen molar-refractivity contribution in [1.29, 1.82) is 0 Å². The molecule has 3 rings (SSSR count). The van der Waals surface area contributed by atoms with Gasteiger partial charge in [0, 0.05) is 38.8 Å². The number of benzene rings is 1. The van der Waals surface area contributed by atoms with E-state index in [1.165, 1.54) is 57.4 Å². The molecule has 2 atom stereocenters. The van der Waals surface area contributed by atoms with Gasteiger partial charge >= 0.3 is 0 Å². The Kier molecular flexibility index (Phi) is 8.62. The minimum Gasteiger partial charge on any atom is -0.357 e. The second kappa shape index (κ2) is 11.4. The van der Waals surface area contributed by atoms with Crippen molar-refractivity contribution >= 4 is 5.96 Å². The first-order valence-corrected chi connectivity index (χ1v) is 11.3. The lowest BCUT2D eigenvalue weighted by Crippen LogP contribution is -2.45. The van der Waals surface area contributed by atoms with Crippen LogP contribution in [0.15, 0.2) is 35.3 Å². The number of nitrogens with zero attached hydrogens (tertiary/aromatic N) is 3. The molecule has 0 spiro atoms. The number of hydrogen-bond donors (Lipinski definition) is 2. The molecule has 2 N–H and O–H groups in total. The van der Waals surface area contributed by atoms with Crippen molar-refractivity contribution in [2.75, 3.05) is 45.8 Å². The largest absolute Gasteiger partial charge is 0.357 e. The van der Waals surface area contributed by atoms with Gasteiger partial charge < -0.3 is 15.5 Å². The summed E-state index contributed by atoms with van der Waals surface area (Å²) in [7, 11) is 0. The van der Waals surface area contributed by atoms with E-state index in [2.05, 4.69) is 64.6 Å². The van der Waals surface area contributed by atoms with Crippen molar-refractivity contribution in [3.8, 4) is 0 Å². The molecular formula is C23H39N5. The first kappa shape index (κ1) is 21.1. The Morgan fingerprint density at radius 1 is 1.11 bits per heavy atom. The molecule has 0 aliphatic carbocycles. The van der Waals surface area contributed by atoms with Gasteiger partial charge in [-0.1, -0.05) is 37.3 Å². The first-order valence-electron chi connectivity index (χ1n) is 11.3. The third kappa shape index (κ3) is 6.49. The monoisotopic (exact) mass is 385 g/mol. The SMILES string of the molecule is CCCN1CCC(CN=C(NCC)NCC2CCCN2Cc2ccccc2)C1. The molecule has 1 aromatic carbocycles. The highest BCUT2D eigenvalue weighted by atomic mass is 15.2. The minimum atomic E-state index is 0.593. The summed E-state index contributed by atoms with van der Waals surface area (Å²) in [4.78, 5) is 10.1. The van der Waals surface area contributed by atoms with Crippen LogP contribution in [-0.4, -0.2) is 67.6 Å². The summed E-state index contributed by atoms with van der Waals surface area (Å²) in [6, 6.07) is 11.4. The van der Waals surface area contributed by atoms with Crippen molar-refractivity contribution in [3.05, 3.63) is 35.9 Å². The van der Waals surface area contributed by atoms with Crippen LogP contribution < -0.4 is 10.6 Å². The van der Waals surface area contributed by atoms with Crippen LogP contribution in [0.1, 0.15) is 45.1 Å². The predicted octanol–water partition coefficient (Wildman–Crippen LogP) is 2.94. The molecule has 1 aromatic rings. The van der Waals surface area contributed by atoms with E-state index in [-0.39, 0.29) is 0 Å². The van der Waals surface area contributed by atoms with Crippen LogP contribution >= 0.6 is 0 Å². The van der Waals surface area contributed by atoms with Crippen LogP contribution in [0.5, 0.6) is 0 Å². The van der Waals surface area contributed by atoms with Crippen molar-refractivity contribution in [3.63, 3.8) is 0 Å². The maximum absolute atomic E-state index is 4.91. The summed E-state index contributed by atoms with van der Waals surface area (Å²) in [5, 5.41) is 7.06. The maximum atomic E-state index is 4.91. The van der Waals surface area contributed by atoms with Crippen LogP contribution in [0, 0.1) is 5.92 Å². The predicted molar refractivity (Wildman–Crippen MR) is 119 cm³/mol. The van der Waals surface area contributed by atoms with Crippen LogP contribution in [0.4, 0.5) is 0 Å². The zero-order valence-electron chi connectivity index (χ0n) is 17.9. The van der Waals surface area contributed by atoms with Gasteiger partial charge in [0.15, 0.2) is 5.96 Å². The standard InChI is InChI=1S/C23H39N5/c1-3-13-27-15-12-21(18-27)16-25-23(24-4-2)26-17-22-11-8-14-28(22)19-20-9-6-5-7-10-20/h5-7,9-10,21-22H,3-4,8,11-19H2,1-2H3,(H2,24,25,26). The van der Waals surface area contributed by atoms with E-state index in [1.807, 2.05) is 0 Å². The van der Waals surface area contributed by atoms with Crippen molar-refractivity contribution in [2.45, 2.75) is 52.1 Å². The lowest BCUT2D eigenvalue weighted by molar-refractivity contribution is 0.245. The van der Waals surface area contributed by atoms with Gasteiger partial charge in [-0.15, -0.1) is 0 Å². The van der Waals surface area contributed by atoms with Gasteiger partial charge in [-0.05, 0) is 63.7 Å². The van der Waals surface area contributed by atoms with Crippen LogP contribution in [0.25, 0.3) is 0 Å². The third-order valence-corrected chi connectivity index (χ3v) is 5.99. The molecule has 0 aromatic heterocycles. The zero-order chi connectivity index (χ0) is 19.6. The average Bonchev–Trinajstić information content (AvgIpc) is 3.34. The maximum Gasteiger partial charge on any atom is 0.191 e. The summed E-state index contributed by atoms with van der Waals surface area (Å²) in [6.07, 6.45) is 5.10. The van der Waals surface area contributed by atoms with Crippen LogP contribution in [-0.2, 0) is 6.54 Å². The second-order valence-electron chi connectivity index (χ2n) is 8.31. The molecule has 2 aliphatic rings. The summed E-state index contributed by atoms with van der Waals surface area (Å²) in [6.45, 7) is 13.2. The minimum absolute atomic E-state index is 0.593. The molecular weight excluding hydrogens is 346 g/mol. The van der Waals surface area contributed by atoms with E-state index < -0.39 is 0 Å². The van der Waals surface area contributed by atoms with Gasteiger partial charge in [0.1, 0.15) is 0 Å². The average molecular weight is 386 g/mol. The van der Waals surface area contributed by atoms with E-state index >= 15 is 0 Å². The molecule has 5 nitrogen and oxygen atoms in total. The number of nitrogens with one attached hydrogen (secondary N) is 2. The topological polar surface area (TPSA) is 42.9 Å². The number of hydrogen-bond acceptors (Lipinski definition) is 3. The third-order valence-electron chi connectivity index (χ3n) is 5.99. The molecule has 2 fully saturated rings. The molecule has 2 heterocycles. The Balaban J connectivity index is 1.47. The summed E-state index contributed by atoms with van der Waals surface area (Å²) >= 11 is 0. The van der Waals surface area contributed by atoms with Crippen molar-refractivity contribution < 1.29 is 0 Å². The van der Waals surface area contributed by atoms with Gasteiger partial charge in [0.05, 0.1) is 0 Å². The normalized spacial score (nSPS) is 24.0. The van der Waals surface area contributed by atoms with Gasteiger partial charge in [0.25, 0.3) is 0 Å². The molecule has 2 unspecified atom stereocenters. The molecule has 5 heteroatoms. The van der Waals surface area contributed by atoms with Gasteiger partial charge in [0.2, 0.25) is 0 Å². The number of rotatable bonds is 9. The summed E-state index contributed by atoms with van der Waals surface area (Å²) in [5.74, 6) is 1.70. The van der Waals surface area contributed by atoms with Gasteiger partial charge in [-0.25, -0.2) is 0 Å². The van der Waals surface area contributed by atoms with Gasteiger partial charge in [-0.3, -0.25) is 9.89 Å². The van der Waals surface area contributed by atoms with Gasteiger partial charge in [-0.2, -0.15) is 0 Å². The van der Waals surface area contributed by atoms with Crippen LogP contribution in [0.3, 0.4) is 0 Å². The molecule has 28 heavy (non-hydrogen) atoms. The Labute approximate surface area is 171 Å². The summed E-state index contributed by atoms with van der Waals surface area (Å²) in [5.41, 5.74) is 1.41. The Morgan fingerprint density at radius 2 is 1.96 bits per heavy atom. The molecule has 0 amide bonds. The van der Waals surface area contributed by atoms with E-state index in [1.54, 1.807) is 0 Å². The quantitative estimate of drug-likeness (QED) is 0.507. The fraction of sp³-hybridized carbons (Fsp3) is 0.696. The highest BCUT2D eigenvalue weighted by Crippen LogP contribution is 2.20. The van der Waals surface area contributed by atoms with Crippen LogP contribution in [0.2, 0.25) is 0 Å².